The number of nitrogen functional groups attached to an aromatic ring is 1. The number of hydrazine groups is 1. The van der Waals surface area contributed by atoms with Crippen molar-refractivity contribution in [3.8, 4) is 0 Å². The van der Waals surface area contributed by atoms with E-state index in [-0.39, 0.29) is 5.41 Å². The molecular formula is C15H27N5. The predicted octanol–water partition coefficient (Wildman–Crippen LogP) is 2.75. The Morgan fingerprint density at radius 1 is 1.35 bits per heavy atom. The Kier molecular flexibility index (Phi) is 4.18. The number of hydrogen-bond acceptors (Lipinski definition) is 5. The minimum absolute atomic E-state index is 0.0878. The second-order valence-corrected chi connectivity index (χ2v) is 6.64. The van der Waals surface area contributed by atoms with Crippen LogP contribution in [0.2, 0.25) is 0 Å². The molecule has 1 aliphatic rings. The fourth-order valence-corrected chi connectivity index (χ4v) is 2.80. The molecule has 5 heteroatoms. The molecule has 0 aromatic carbocycles. The maximum Gasteiger partial charge on any atom is 0.148 e. The van der Waals surface area contributed by atoms with Crippen molar-refractivity contribution < 1.29 is 0 Å². The summed E-state index contributed by atoms with van der Waals surface area (Å²) in [6, 6.07) is 0.585. The molecule has 1 aromatic heterocycles. The Bertz CT molecular complexity index is 478. The molecule has 2 heterocycles. The Labute approximate surface area is 121 Å². The standard InChI is InChI=1S/C15H27N5/c1-6-11-8-7-9-20(11)13-10(2)12(19-16)17-14(18-13)15(3,4)5/h11H,6-9,16H2,1-5H3,(H,17,18,19). The van der Waals surface area contributed by atoms with E-state index >= 15 is 0 Å². The normalized spacial score (nSPS) is 19.5. The van der Waals surface area contributed by atoms with Gasteiger partial charge in [0.1, 0.15) is 17.5 Å². The summed E-state index contributed by atoms with van der Waals surface area (Å²) in [4.78, 5) is 11.8. The lowest BCUT2D eigenvalue weighted by Gasteiger charge is -2.29. The summed E-state index contributed by atoms with van der Waals surface area (Å²) < 4.78 is 0. The number of rotatable bonds is 3. The van der Waals surface area contributed by atoms with E-state index in [4.69, 9.17) is 10.8 Å². The third-order valence-corrected chi connectivity index (χ3v) is 4.05. The van der Waals surface area contributed by atoms with Crippen LogP contribution in [0.15, 0.2) is 0 Å². The summed E-state index contributed by atoms with van der Waals surface area (Å²) in [7, 11) is 0. The van der Waals surface area contributed by atoms with Gasteiger partial charge in [-0.3, -0.25) is 0 Å². The highest BCUT2D eigenvalue weighted by atomic mass is 15.3. The first-order valence-electron chi connectivity index (χ1n) is 7.50. The van der Waals surface area contributed by atoms with E-state index in [9.17, 15) is 0 Å². The van der Waals surface area contributed by atoms with Gasteiger partial charge in [-0.1, -0.05) is 27.7 Å². The summed E-state index contributed by atoms with van der Waals surface area (Å²) in [5.74, 6) is 8.26. The Hall–Kier alpha value is -1.36. The zero-order chi connectivity index (χ0) is 14.9. The fraction of sp³-hybridized carbons (Fsp3) is 0.733. The third kappa shape index (κ3) is 2.73. The van der Waals surface area contributed by atoms with Crippen LogP contribution in [0.5, 0.6) is 0 Å². The summed E-state index contributed by atoms with van der Waals surface area (Å²) in [5.41, 5.74) is 3.68. The summed E-state index contributed by atoms with van der Waals surface area (Å²) in [5, 5.41) is 0. The number of nitrogens with one attached hydrogen (secondary N) is 1. The van der Waals surface area contributed by atoms with Crippen LogP contribution in [0.4, 0.5) is 11.6 Å². The number of anilines is 2. The highest BCUT2D eigenvalue weighted by Crippen LogP contribution is 2.32. The Morgan fingerprint density at radius 2 is 2.05 bits per heavy atom. The molecule has 3 N–H and O–H groups in total. The Balaban J connectivity index is 2.51. The van der Waals surface area contributed by atoms with Gasteiger partial charge in [0.05, 0.1) is 0 Å². The molecule has 0 spiro atoms. The molecule has 0 aliphatic carbocycles. The zero-order valence-corrected chi connectivity index (χ0v) is 13.3. The topological polar surface area (TPSA) is 67.1 Å². The van der Waals surface area contributed by atoms with Gasteiger partial charge < -0.3 is 10.3 Å². The van der Waals surface area contributed by atoms with E-state index in [1.807, 2.05) is 6.92 Å². The number of aromatic nitrogens is 2. The van der Waals surface area contributed by atoms with E-state index in [2.05, 4.69) is 43.0 Å². The van der Waals surface area contributed by atoms with Gasteiger partial charge in [-0.05, 0) is 26.2 Å². The molecular weight excluding hydrogens is 250 g/mol. The highest BCUT2D eigenvalue weighted by molar-refractivity contribution is 5.59. The van der Waals surface area contributed by atoms with Crippen molar-refractivity contribution in [2.75, 3.05) is 16.9 Å². The van der Waals surface area contributed by atoms with Gasteiger partial charge in [0.25, 0.3) is 0 Å². The van der Waals surface area contributed by atoms with Crippen LogP contribution in [0, 0.1) is 6.92 Å². The number of nitrogens with two attached hydrogens (primary N) is 1. The first-order valence-corrected chi connectivity index (χ1v) is 7.50. The van der Waals surface area contributed by atoms with E-state index in [0.717, 1.165) is 36.0 Å². The van der Waals surface area contributed by atoms with Crippen LogP contribution >= 0.6 is 0 Å². The number of hydrogen-bond donors (Lipinski definition) is 2. The molecule has 1 aliphatic heterocycles. The second-order valence-electron chi connectivity index (χ2n) is 6.64. The molecule has 0 saturated carbocycles. The van der Waals surface area contributed by atoms with E-state index in [1.165, 1.54) is 12.8 Å². The first kappa shape index (κ1) is 15.0. The minimum atomic E-state index is -0.0878. The SMILES string of the molecule is CCC1CCCN1c1nc(C(C)(C)C)nc(NN)c1C. The maximum atomic E-state index is 5.64. The van der Waals surface area contributed by atoms with Crippen LogP contribution in [-0.2, 0) is 5.41 Å². The molecule has 0 amide bonds. The van der Waals surface area contributed by atoms with Crippen molar-refractivity contribution in [2.45, 2.75) is 65.3 Å². The summed E-state index contributed by atoms with van der Waals surface area (Å²) in [6.45, 7) is 11.7. The molecule has 0 bridgehead atoms. The summed E-state index contributed by atoms with van der Waals surface area (Å²) in [6.07, 6.45) is 3.63. The van der Waals surface area contributed by atoms with Crippen molar-refractivity contribution in [3.63, 3.8) is 0 Å². The van der Waals surface area contributed by atoms with Gasteiger partial charge in [-0.2, -0.15) is 0 Å². The van der Waals surface area contributed by atoms with Crippen LogP contribution in [0.25, 0.3) is 0 Å². The number of nitrogens with zero attached hydrogens (tertiary/aromatic N) is 3. The molecule has 1 aromatic rings. The first-order chi connectivity index (χ1) is 9.38. The summed E-state index contributed by atoms with van der Waals surface area (Å²) >= 11 is 0. The van der Waals surface area contributed by atoms with Crippen molar-refractivity contribution in [1.82, 2.24) is 9.97 Å². The third-order valence-electron chi connectivity index (χ3n) is 4.05. The molecule has 2 rings (SSSR count). The van der Waals surface area contributed by atoms with Gasteiger partial charge in [0.15, 0.2) is 0 Å². The van der Waals surface area contributed by atoms with Crippen LogP contribution in [0.3, 0.4) is 0 Å². The average Bonchev–Trinajstić information content (AvgIpc) is 2.85. The maximum absolute atomic E-state index is 5.64. The average molecular weight is 277 g/mol. The lowest BCUT2D eigenvalue weighted by Crippen LogP contribution is -2.32. The Morgan fingerprint density at radius 3 is 2.60 bits per heavy atom. The molecule has 1 fully saturated rings. The second kappa shape index (κ2) is 5.56. The quantitative estimate of drug-likeness (QED) is 0.657. The lowest BCUT2D eigenvalue weighted by molar-refractivity contribution is 0.542. The van der Waals surface area contributed by atoms with Gasteiger partial charge in [0.2, 0.25) is 0 Å². The van der Waals surface area contributed by atoms with E-state index < -0.39 is 0 Å². The molecule has 112 valence electrons. The van der Waals surface area contributed by atoms with Crippen LogP contribution in [0.1, 0.15) is 58.3 Å². The van der Waals surface area contributed by atoms with Crippen molar-refractivity contribution >= 4 is 11.6 Å². The molecule has 1 atom stereocenters. The molecule has 0 radical (unpaired) electrons. The fourth-order valence-electron chi connectivity index (χ4n) is 2.80. The van der Waals surface area contributed by atoms with Crippen LogP contribution < -0.4 is 16.2 Å². The largest absolute Gasteiger partial charge is 0.353 e. The molecule has 1 unspecified atom stereocenters. The smallest absolute Gasteiger partial charge is 0.148 e. The molecule has 20 heavy (non-hydrogen) atoms. The van der Waals surface area contributed by atoms with Crippen molar-refractivity contribution in [3.05, 3.63) is 11.4 Å². The lowest BCUT2D eigenvalue weighted by atomic mass is 9.95. The van der Waals surface area contributed by atoms with Gasteiger partial charge in [-0.25, -0.2) is 15.8 Å². The molecule has 1 saturated heterocycles. The van der Waals surface area contributed by atoms with Crippen molar-refractivity contribution in [2.24, 2.45) is 5.84 Å². The van der Waals surface area contributed by atoms with Crippen molar-refractivity contribution in [1.29, 1.82) is 0 Å². The zero-order valence-electron chi connectivity index (χ0n) is 13.3. The minimum Gasteiger partial charge on any atom is -0.353 e. The van der Waals surface area contributed by atoms with Gasteiger partial charge in [-0.15, -0.1) is 0 Å². The predicted molar refractivity (Wildman–Crippen MR) is 83.9 cm³/mol. The monoisotopic (exact) mass is 277 g/mol. The van der Waals surface area contributed by atoms with Crippen LogP contribution in [-0.4, -0.2) is 22.6 Å². The molecule has 5 nitrogen and oxygen atoms in total. The van der Waals surface area contributed by atoms with E-state index in [1.54, 1.807) is 0 Å². The van der Waals surface area contributed by atoms with Gasteiger partial charge >= 0.3 is 0 Å². The van der Waals surface area contributed by atoms with Gasteiger partial charge in [0, 0.05) is 23.6 Å². The van der Waals surface area contributed by atoms with E-state index in [0.29, 0.717) is 6.04 Å². The highest BCUT2D eigenvalue weighted by Gasteiger charge is 2.29.